The van der Waals surface area contributed by atoms with Crippen LogP contribution in [0, 0.1) is 6.92 Å². The Morgan fingerprint density at radius 2 is 1.92 bits per heavy atom. The summed E-state index contributed by atoms with van der Waals surface area (Å²) in [6, 6.07) is 8.58. The van der Waals surface area contributed by atoms with Crippen LogP contribution in [0.1, 0.15) is 5.56 Å². The lowest BCUT2D eigenvalue weighted by Gasteiger charge is -2.20. The van der Waals surface area contributed by atoms with Crippen molar-refractivity contribution < 1.29 is 4.43 Å². The predicted octanol–water partition coefficient (Wildman–Crippen LogP) is 2.05. The molecular weight excluding hydrogens is 164 g/mol. The Kier molecular flexibility index (Phi) is 2.70. The molecule has 12 heavy (non-hydrogen) atoms. The molecule has 0 aliphatic heterocycles. The minimum Gasteiger partial charge on any atom is -0.416 e. The predicted molar refractivity (Wildman–Crippen MR) is 55.3 cm³/mol. The summed E-state index contributed by atoms with van der Waals surface area (Å²) in [6.07, 6.45) is 0. The summed E-state index contributed by atoms with van der Waals surface area (Å²) in [4.78, 5) is 0. The lowest BCUT2D eigenvalue weighted by Crippen LogP contribution is -2.43. The molecule has 0 radical (unpaired) electrons. The van der Waals surface area contributed by atoms with Gasteiger partial charge in [-0.05, 0) is 25.2 Å². The van der Waals surface area contributed by atoms with Crippen molar-refractivity contribution in [2.45, 2.75) is 20.0 Å². The maximum Gasteiger partial charge on any atom is 0.217 e. The van der Waals surface area contributed by atoms with Gasteiger partial charge in [0.05, 0.1) is 0 Å². The highest BCUT2D eigenvalue weighted by atomic mass is 28.4. The van der Waals surface area contributed by atoms with E-state index in [1.165, 1.54) is 10.8 Å². The van der Waals surface area contributed by atoms with Gasteiger partial charge in [0.1, 0.15) is 0 Å². The molecule has 1 aromatic rings. The van der Waals surface area contributed by atoms with Crippen molar-refractivity contribution in [1.29, 1.82) is 0 Å². The summed E-state index contributed by atoms with van der Waals surface area (Å²) in [5.74, 6) is 0. The van der Waals surface area contributed by atoms with Crippen LogP contribution in [0.25, 0.3) is 0 Å². The molecule has 1 rings (SSSR count). The maximum absolute atomic E-state index is 5.52. The average molecular weight is 180 g/mol. The van der Waals surface area contributed by atoms with E-state index >= 15 is 0 Å². The normalized spacial score (nSPS) is 11.7. The molecular formula is C10H16OSi. The van der Waals surface area contributed by atoms with Gasteiger partial charge in [0.25, 0.3) is 0 Å². The topological polar surface area (TPSA) is 9.23 Å². The molecule has 0 aromatic heterocycles. The summed E-state index contributed by atoms with van der Waals surface area (Å²) in [7, 11) is 0.215. The summed E-state index contributed by atoms with van der Waals surface area (Å²) < 4.78 is 5.52. The average Bonchev–Trinajstić information content (AvgIpc) is 2.05. The largest absolute Gasteiger partial charge is 0.416 e. The smallest absolute Gasteiger partial charge is 0.217 e. The van der Waals surface area contributed by atoms with Crippen LogP contribution >= 0.6 is 0 Å². The van der Waals surface area contributed by atoms with E-state index in [0.29, 0.717) is 0 Å². The van der Waals surface area contributed by atoms with Crippen LogP contribution in [0.3, 0.4) is 0 Å². The summed E-state index contributed by atoms with van der Waals surface area (Å²) >= 11 is 0. The Balaban J connectivity index is 3.03. The first-order chi connectivity index (χ1) is 5.56. The third kappa shape index (κ3) is 1.96. The summed E-state index contributed by atoms with van der Waals surface area (Å²) in [6.45, 7) is 6.53. The minimum absolute atomic E-state index is 1.31. The highest BCUT2D eigenvalue weighted by molar-refractivity contribution is 6.84. The molecule has 0 bridgehead atoms. The molecule has 2 heteroatoms. The van der Waals surface area contributed by atoms with Crippen molar-refractivity contribution in [2.75, 3.05) is 7.11 Å². The van der Waals surface area contributed by atoms with Crippen LogP contribution in [0.5, 0.6) is 0 Å². The van der Waals surface area contributed by atoms with Crippen LogP contribution < -0.4 is 5.19 Å². The third-order valence-corrected chi connectivity index (χ3v) is 4.95. The fraction of sp³-hybridized carbons (Fsp3) is 0.400. The molecule has 0 aliphatic carbocycles. The zero-order valence-electron chi connectivity index (χ0n) is 8.22. The van der Waals surface area contributed by atoms with Gasteiger partial charge in [-0.25, -0.2) is 0 Å². The number of benzene rings is 1. The van der Waals surface area contributed by atoms with Gasteiger partial charge in [-0.3, -0.25) is 0 Å². The molecule has 0 heterocycles. The Morgan fingerprint density at radius 1 is 1.25 bits per heavy atom. The first-order valence-corrected chi connectivity index (χ1v) is 7.09. The molecule has 0 N–H and O–H groups in total. The van der Waals surface area contributed by atoms with Crippen molar-refractivity contribution in [1.82, 2.24) is 0 Å². The second-order valence-corrected chi connectivity index (χ2v) is 7.59. The van der Waals surface area contributed by atoms with Crippen molar-refractivity contribution in [3.8, 4) is 0 Å². The van der Waals surface area contributed by atoms with Gasteiger partial charge in [-0.2, -0.15) is 0 Å². The quantitative estimate of drug-likeness (QED) is 0.633. The van der Waals surface area contributed by atoms with E-state index < -0.39 is 8.32 Å². The van der Waals surface area contributed by atoms with E-state index in [2.05, 4.69) is 44.3 Å². The molecule has 1 aromatic carbocycles. The van der Waals surface area contributed by atoms with E-state index in [0.717, 1.165) is 0 Å². The molecule has 0 unspecified atom stereocenters. The van der Waals surface area contributed by atoms with Crippen LogP contribution in [0.15, 0.2) is 24.3 Å². The maximum atomic E-state index is 5.52. The van der Waals surface area contributed by atoms with Crippen LogP contribution in [0.4, 0.5) is 0 Å². The lowest BCUT2D eigenvalue weighted by molar-refractivity contribution is 0.416. The fourth-order valence-electron chi connectivity index (χ4n) is 1.14. The van der Waals surface area contributed by atoms with E-state index in [4.69, 9.17) is 4.43 Å². The fourth-order valence-corrected chi connectivity index (χ4v) is 2.45. The molecule has 0 amide bonds. The summed E-state index contributed by atoms with van der Waals surface area (Å²) in [5.41, 5.74) is 1.31. The number of rotatable bonds is 2. The van der Waals surface area contributed by atoms with E-state index in [9.17, 15) is 0 Å². The molecule has 1 nitrogen and oxygen atoms in total. The van der Waals surface area contributed by atoms with Gasteiger partial charge in [-0.15, -0.1) is 0 Å². The molecule has 0 saturated carbocycles. The van der Waals surface area contributed by atoms with Crippen molar-refractivity contribution in [3.63, 3.8) is 0 Å². The highest BCUT2D eigenvalue weighted by Crippen LogP contribution is 2.04. The Morgan fingerprint density at radius 3 is 2.42 bits per heavy atom. The minimum atomic E-state index is -1.58. The second-order valence-electron chi connectivity index (χ2n) is 3.58. The molecule has 66 valence electrons. The van der Waals surface area contributed by atoms with Gasteiger partial charge in [0.2, 0.25) is 8.32 Å². The van der Waals surface area contributed by atoms with E-state index in [1.807, 2.05) is 0 Å². The molecule has 0 atom stereocenters. The van der Waals surface area contributed by atoms with Gasteiger partial charge >= 0.3 is 0 Å². The van der Waals surface area contributed by atoms with E-state index in [1.54, 1.807) is 7.11 Å². The first-order valence-electron chi connectivity index (χ1n) is 4.18. The third-order valence-electron chi connectivity index (χ3n) is 2.22. The van der Waals surface area contributed by atoms with Gasteiger partial charge in [0.15, 0.2) is 0 Å². The molecule has 0 fully saturated rings. The Bertz CT molecular complexity index is 268. The first kappa shape index (κ1) is 9.48. The van der Waals surface area contributed by atoms with Gasteiger partial charge in [0, 0.05) is 7.11 Å². The summed E-state index contributed by atoms with van der Waals surface area (Å²) in [5, 5.41) is 1.37. The van der Waals surface area contributed by atoms with Crippen molar-refractivity contribution in [2.24, 2.45) is 0 Å². The Hall–Kier alpha value is -0.603. The highest BCUT2D eigenvalue weighted by Gasteiger charge is 2.22. The van der Waals surface area contributed by atoms with Crippen molar-refractivity contribution in [3.05, 3.63) is 29.8 Å². The van der Waals surface area contributed by atoms with Crippen LogP contribution in [0.2, 0.25) is 13.1 Å². The van der Waals surface area contributed by atoms with Crippen LogP contribution in [-0.4, -0.2) is 15.4 Å². The van der Waals surface area contributed by atoms with Gasteiger partial charge < -0.3 is 4.43 Å². The molecule has 0 saturated heterocycles. The zero-order valence-corrected chi connectivity index (χ0v) is 9.22. The SMILES string of the molecule is CO[Si](C)(C)c1cccc(C)c1. The van der Waals surface area contributed by atoms with Gasteiger partial charge in [-0.1, -0.05) is 29.8 Å². The van der Waals surface area contributed by atoms with Crippen molar-refractivity contribution >= 4 is 13.5 Å². The molecule has 0 spiro atoms. The van der Waals surface area contributed by atoms with E-state index in [-0.39, 0.29) is 0 Å². The second kappa shape index (κ2) is 3.41. The van der Waals surface area contributed by atoms with Crippen LogP contribution in [-0.2, 0) is 4.43 Å². The molecule has 0 aliphatic rings. The number of hydrogen-bond acceptors (Lipinski definition) is 1. The standard InChI is InChI=1S/C10H16OSi/c1-9-6-5-7-10(8-9)12(3,4)11-2/h5-8H,1-4H3. The number of aryl methyl sites for hydroxylation is 1. The monoisotopic (exact) mass is 180 g/mol. The lowest BCUT2D eigenvalue weighted by atomic mass is 10.2. The Labute approximate surface area is 75.5 Å². The number of hydrogen-bond donors (Lipinski definition) is 0. The zero-order chi connectivity index (χ0) is 9.19.